The van der Waals surface area contributed by atoms with E-state index in [0.717, 1.165) is 32.3 Å². The number of rotatable bonds is 2. The summed E-state index contributed by atoms with van der Waals surface area (Å²) in [7, 11) is 0. The average Bonchev–Trinajstić information content (AvgIpc) is 2.23. The van der Waals surface area contributed by atoms with E-state index in [1.807, 2.05) is 0 Å². The highest BCUT2D eigenvalue weighted by Crippen LogP contribution is 2.24. The van der Waals surface area contributed by atoms with Gasteiger partial charge in [0.1, 0.15) is 6.10 Å². The lowest BCUT2D eigenvalue weighted by Crippen LogP contribution is -2.39. The smallest absolute Gasteiger partial charge is 0.183 e. The molecule has 0 amide bonds. The van der Waals surface area contributed by atoms with E-state index >= 15 is 0 Å². The van der Waals surface area contributed by atoms with Crippen molar-refractivity contribution < 1.29 is 14.6 Å². The molecule has 14 heavy (non-hydrogen) atoms. The summed E-state index contributed by atoms with van der Waals surface area (Å²) in [6, 6.07) is 0. The van der Waals surface area contributed by atoms with Crippen LogP contribution in [0.5, 0.6) is 0 Å². The Labute approximate surface area is 85.4 Å². The van der Waals surface area contributed by atoms with Crippen molar-refractivity contribution >= 4 is 0 Å². The van der Waals surface area contributed by atoms with Crippen LogP contribution >= 0.6 is 0 Å². The molecule has 82 valence electrons. The summed E-state index contributed by atoms with van der Waals surface area (Å²) in [6.07, 6.45) is 7.43. The Kier molecular flexibility index (Phi) is 3.79. The fourth-order valence-corrected chi connectivity index (χ4v) is 2.26. The SMILES string of the molecule is OC1CCCOC1OC1CCCCC1. The highest BCUT2D eigenvalue weighted by molar-refractivity contribution is 4.71. The zero-order chi connectivity index (χ0) is 9.80. The molecule has 2 rings (SSSR count). The first kappa shape index (κ1) is 10.4. The lowest BCUT2D eigenvalue weighted by molar-refractivity contribution is -0.237. The van der Waals surface area contributed by atoms with Crippen LogP contribution in [0.4, 0.5) is 0 Å². The van der Waals surface area contributed by atoms with Crippen molar-refractivity contribution in [1.29, 1.82) is 0 Å². The van der Waals surface area contributed by atoms with Crippen molar-refractivity contribution in [3.05, 3.63) is 0 Å². The maximum atomic E-state index is 9.65. The topological polar surface area (TPSA) is 38.7 Å². The van der Waals surface area contributed by atoms with Gasteiger partial charge in [-0.15, -0.1) is 0 Å². The van der Waals surface area contributed by atoms with Crippen LogP contribution in [0.25, 0.3) is 0 Å². The lowest BCUT2D eigenvalue weighted by Gasteiger charge is -2.32. The number of aliphatic hydroxyl groups is 1. The predicted octanol–water partition coefficient (Wildman–Crippen LogP) is 1.83. The van der Waals surface area contributed by atoms with E-state index in [0.29, 0.717) is 6.10 Å². The van der Waals surface area contributed by atoms with E-state index in [1.54, 1.807) is 0 Å². The molecular formula is C11H20O3. The molecular weight excluding hydrogens is 180 g/mol. The third kappa shape index (κ3) is 2.69. The fourth-order valence-electron chi connectivity index (χ4n) is 2.26. The molecule has 0 spiro atoms. The Morgan fingerprint density at radius 1 is 1.00 bits per heavy atom. The Morgan fingerprint density at radius 3 is 2.50 bits per heavy atom. The first-order valence-corrected chi connectivity index (χ1v) is 5.81. The van der Waals surface area contributed by atoms with Gasteiger partial charge < -0.3 is 14.6 Å². The van der Waals surface area contributed by atoms with Crippen molar-refractivity contribution in [3.63, 3.8) is 0 Å². The quantitative estimate of drug-likeness (QED) is 0.739. The highest BCUT2D eigenvalue weighted by atomic mass is 16.7. The molecule has 3 nitrogen and oxygen atoms in total. The van der Waals surface area contributed by atoms with E-state index < -0.39 is 6.10 Å². The summed E-state index contributed by atoms with van der Waals surface area (Å²) in [6.45, 7) is 0.731. The van der Waals surface area contributed by atoms with Gasteiger partial charge >= 0.3 is 0 Å². The number of aliphatic hydroxyl groups excluding tert-OH is 1. The van der Waals surface area contributed by atoms with Crippen molar-refractivity contribution in [3.8, 4) is 0 Å². The van der Waals surface area contributed by atoms with Gasteiger partial charge in [0.05, 0.1) is 6.10 Å². The maximum absolute atomic E-state index is 9.65. The van der Waals surface area contributed by atoms with Crippen LogP contribution < -0.4 is 0 Å². The van der Waals surface area contributed by atoms with E-state index in [2.05, 4.69) is 0 Å². The summed E-state index contributed by atoms with van der Waals surface area (Å²) < 4.78 is 11.2. The third-order valence-corrected chi connectivity index (χ3v) is 3.12. The summed E-state index contributed by atoms with van der Waals surface area (Å²) in [5.41, 5.74) is 0. The minimum Gasteiger partial charge on any atom is -0.388 e. The van der Waals surface area contributed by atoms with Gasteiger partial charge in [0.15, 0.2) is 6.29 Å². The van der Waals surface area contributed by atoms with Gasteiger partial charge in [0, 0.05) is 6.61 Å². The van der Waals surface area contributed by atoms with Crippen LogP contribution in [0, 0.1) is 0 Å². The molecule has 2 aliphatic rings. The molecule has 2 unspecified atom stereocenters. The van der Waals surface area contributed by atoms with Crippen LogP contribution in [0.2, 0.25) is 0 Å². The van der Waals surface area contributed by atoms with Crippen molar-refractivity contribution in [2.45, 2.75) is 63.4 Å². The van der Waals surface area contributed by atoms with E-state index in [4.69, 9.17) is 9.47 Å². The summed E-state index contributed by atoms with van der Waals surface area (Å²) >= 11 is 0. The molecule has 0 radical (unpaired) electrons. The standard InChI is InChI=1S/C11H20O3/c12-10-7-4-8-13-11(10)14-9-5-2-1-3-6-9/h9-12H,1-8H2. The van der Waals surface area contributed by atoms with Crippen LogP contribution in [-0.4, -0.2) is 30.2 Å². The molecule has 1 aliphatic carbocycles. The molecule has 1 heterocycles. The van der Waals surface area contributed by atoms with Crippen LogP contribution in [0.15, 0.2) is 0 Å². The molecule has 3 heteroatoms. The Balaban J connectivity index is 1.76. The summed E-state index contributed by atoms with van der Waals surface area (Å²) in [5, 5.41) is 9.65. The molecule has 1 aliphatic heterocycles. The average molecular weight is 200 g/mol. The molecule has 0 aromatic rings. The van der Waals surface area contributed by atoms with Gasteiger partial charge in [-0.1, -0.05) is 19.3 Å². The molecule has 1 saturated carbocycles. The summed E-state index contributed by atoms with van der Waals surface area (Å²) in [5.74, 6) is 0. The zero-order valence-electron chi connectivity index (χ0n) is 8.65. The minimum absolute atomic E-state index is 0.321. The van der Waals surface area contributed by atoms with E-state index in [9.17, 15) is 5.11 Å². The molecule has 2 atom stereocenters. The highest BCUT2D eigenvalue weighted by Gasteiger charge is 2.28. The zero-order valence-corrected chi connectivity index (χ0v) is 8.65. The monoisotopic (exact) mass is 200 g/mol. The first-order valence-electron chi connectivity index (χ1n) is 5.81. The minimum atomic E-state index is -0.411. The molecule has 1 N–H and O–H groups in total. The Morgan fingerprint density at radius 2 is 1.79 bits per heavy atom. The van der Waals surface area contributed by atoms with Gasteiger partial charge in [-0.05, 0) is 25.7 Å². The van der Waals surface area contributed by atoms with Gasteiger partial charge in [-0.3, -0.25) is 0 Å². The van der Waals surface area contributed by atoms with Crippen LogP contribution in [0.1, 0.15) is 44.9 Å². The molecule has 0 bridgehead atoms. The molecule has 1 saturated heterocycles. The van der Waals surface area contributed by atoms with E-state index in [-0.39, 0.29) is 6.29 Å². The van der Waals surface area contributed by atoms with Gasteiger partial charge in [-0.2, -0.15) is 0 Å². The van der Waals surface area contributed by atoms with Gasteiger partial charge in [0.2, 0.25) is 0 Å². The Bertz CT molecular complexity index is 166. The van der Waals surface area contributed by atoms with Crippen molar-refractivity contribution in [2.24, 2.45) is 0 Å². The largest absolute Gasteiger partial charge is 0.388 e. The van der Waals surface area contributed by atoms with Crippen LogP contribution in [0.3, 0.4) is 0 Å². The number of ether oxygens (including phenoxy) is 2. The second kappa shape index (κ2) is 5.10. The maximum Gasteiger partial charge on any atom is 0.183 e. The second-order valence-electron chi connectivity index (χ2n) is 4.34. The normalized spacial score (nSPS) is 35.8. The van der Waals surface area contributed by atoms with E-state index in [1.165, 1.54) is 19.3 Å². The predicted molar refractivity (Wildman–Crippen MR) is 52.9 cm³/mol. The molecule has 0 aromatic carbocycles. The van der Waals surface area contributed by atoms with Gasteiger partial charge in [0.25, 0.3) is 0 Å². The summed E-state index contributed by atoms with van der Waals surface area (Å²) in [4.78, 5) is 0. The number of hydrogen-bond acceptors (Lipinski definition) is 3. The second-order valence-corrected chi connectivity index (χ2v) is 4.34. The van der Waals surface area contributed by atoms with Gasteiger partial charge in [-0.25, -0.2) is 0 Å². The molecule has 2 fully saturated rings. The molecule has 0 aromatic heterocycles. The third-order valence-electron chi connectivity index (χ3n) is 3.12. The first-order chi connectivity index (χ1) is 6.86. The van der Waals surface area contributed by atoms with Crippen LogP contribution in [-0.2, 0) is 9.47 Å². The van der Waals surface area contributed by atoms with Crippen molar-refractivity contribution in [2.75, 3.05) is 6.61 Å². The number of hydrogen-bond donors (Lipinski definition) is 1. The lowest BCUT2D eigenvalue weighted by atomic mass is 9.97. The fraction of sp³-hybridized carbons (Fsp3) is 1.00. The Hall–Kier alpha value is -0.120. The van der Waals surface area contributed by atoms with Crippen molar-refractivity contribution in [1.82, 2.24) is 0 Å².